The molecule has 1 aliphatic rings. The number of fused-ring (bicyclic) bond motifs is 1. The van der Waals surface area contributed by atoms with Gasteiger partial charge >= 0.3 is 5.97 Å². The number of anilines is 2. The Labute approximate surface area is 193 Å². The van der Waals surface area contributed by atoms with E-state index in [0.717, 1.165) is 22.6 Å². The Morgan fingerprint density at radius 2 is 1.76 bits per heavy atom. The molecule has 0 aromatic heterocycles. The molecule has 2 unspecified atom stereocenters. The maximum Gasteiger partial charge on any atom is 0.303 e. The van der Waals surface area contributed by atoms with Crippen molar-refractivity contribution in [2.45, 2.75) is 44.8 Å². The van der Waals surface area contributed by atoms with E-state index in [0.29, 0.717) is 30.7 Å². The van der Waals surface area contributed by atoms with E-state index in [2.05, 4.69) is 0 Å². The molecule has 0 bridgehead atoms. The van der Waals surface area contributed by atoms with Crippen molar-refractivity contribution >= 4 is 23.3 Å². The van der Waals surface area contributed by atoms with Crippen LogP contribution >= 0.6 is 0 Å². The highest BCUT2D eigenvalue weighted by Gasteiger charge is 2.39. The summed E-state index contributed by atoms with van der Waals surface area (Å²) in [6, 6.07) is 22.6. The summed E-state index contributed by atoms with van der Waals surface area (Å²) in [5.41, 5.74) is 9.89. The molecular formula is C27H28N2O4. The van der Waals surface area contributed by atoms with Crippen LogP contribution in [0.25, 0.3) is 0 Å². The van der Waals surface area contributed by atoms with Crippen LogP contribution in [0.1, 0.15) is 53.6 Å². The Balaban J connectivity index is 1.61. The van der Waals surface area contributed by atoms with Crippen molar-refractivity contribution in [1.29, 1.82) is 0 Å². The van der Waals surface area contributed by atoms with Crippen LogP contribution in [0.2, 0.25) is 0 Å². The zero-order valence-corrected chi connectivity index (χ0v) is 18.6. The van der Waals surface area contributed by atoms with Gasteiger partial charge in [-0.05, 0) is 73.4 Å². The summed E-state index contributed by atoms with van der Waals surface area (Å²) in [4.78, 5) is 26.3. The molecule has 3 aromatic rings. The second kappa shape index (κ2) is 9.77. The van der Waals surface area contributed by atoms with Gasteiger partial charge in [-0.3, -0.25) is 9.59 Å². The number of hydrogen-bond acceptors (Lipinski definition) is 4. The van der Waals surface area contributed by atoms with Gasteiger partial charge in [0.05, 0.1) is 0 Å². The summed E-state index contributed by atoms with van der Waals surface area (Å²) in [5, 5.41) is 9.09. The molecule has 4 rings (SSSR count). The molecule has 0 radical (unpaired) electrons. The van der Waals surface area contributed by atoms with Gasteiger partial charge in [-0.25, -0.2) is 0 Å². The van der Waals surface area contributed by atoms with Crippen LogP contribution in [0.3, 0.4) is 0 Å². The van der Waals surface area contributed by atoms with Gasteiger partial charge in [0, 0.05) is 35.3 Å². The smallest absolute Gasteiger partial charge is 0.303 e. The molecule has 6 heteroatoms. The van der Waals surface area contributed by atoms with E-state index in [1.807, 2.05) is 60.4 Å². The van der Waals surface area contributed by atoms with E-state index in [4.69, 9.17) is 15.6 Å². The van der Waals surface area contributed by atoms with Crippen LogP contribution in [0, 0.1) is 0 Å². The number of hydrogen-bond donors (Lipinski definition) is 2. The number of rotatable bonds is 8. The number of carboxylic acids is 1. The van der Waals surface area contributed by atoms with Crippen molar-refractivity contribution in [3.05, 3.63) is 89.5 Å². The number of amides is 1. The molecule has 0 fully saturated rings. The summed E-state index contributed by atoms with van der Waals surface area (Å²) < 4.78 is 6.03. The van der Waals surface area contributed by atoms with Gasteiger partial charge in [-0.2, -0.15) is 0 Å². The molecule has 170 valence electrons. The third-order valence-electron chi connectivity index (χ3n) is 6.18. The lowest BCUT2D eigenvalue weighted by atomic mass is 9.90. The van der Waals surface area contributed by atoms with Crippen LogP contribution in [0.15, 0.2) is 72.8 Å². The maximum atomic E-state index is 13.4. The molecule has 0 aliphatic carbocycles. The first-order valence-corrected chi connectivity index (χ1v) is 11.2. The van der Waals surface area contributed by atoms with Gasteiger partial charge in [0.15, 0.2) is 0 Å². The van der Waals surface area contributed by atoms with Crippen molar-refractivity contribution in [2.75, 3.05) is 10.6 Å². The SMILES string of the molecule is CC1C(CCCC(=O)O)c2cc(OCc3ccccc3)ccc2N1C(=O)c1ccc(N)cc1. The second-order valence-corrected chi connectivity index (χ2v) is 8.43. The van der Waals surface area contributed by atoms with Crippen LogP contribution in [-0.4, -0.2) is 23.0 Å². The fraction of sp³-hybridized carbons (Fsp3) is 0.259. The predicted octanol–water partition coefficient (Wildman–Crippen LogP) is 5.24. The predicted molar refractivity (Wildman–Crippen MR) is 129 cm³/mol. The number of benzene rings is 3. The summed E-state index contributed by atoms with van der Waals surface area (Å²) in [7, 11) is 0. The summed E-state index contributed by atoms with van der Waals surface area (Å²) >= 11 is 0. The van der Waals surface area contributed by atoms with Crippen LogP contribution in [0.5, 0.6) is 5.75 Å². The average Bonchev–Trinajstić information content (AvgIpc) is 3.09. The Bertz CT molecular complexity index is 1130. The van der Waals surface area contributed by atoms with Gasteiger partial charge in [0.2, 0.25) is 0 Å². The third kappa shape index (κ3) is 5.00. The number of carbonyl (C=O) groups is 2. The highest BCUT2D eigenvalue weighted by molar-refractivity contribution is 6.08. The lowest BCUT2D eigenvalue weighted by Gasteiger charge is -2.25. The van der Waals surface area contributed by atoms with Crippen molar-refractivity contribution in [3.8, 4) is 5.75 Å². The Hall–Kier alpha value is -3.80. The van der Waals surface area contributed by atoms with E-state index in [1.165, 1.54) is 0 Å². The van der Waals surface area contributed by atoms with Crippen molar-refractivity contribution in [1.82, 2.24) is 0 Å². The largest absolute Gasteiger partial charge is 0.489 e. The molecule has 1 amide bonds. The molecule has 2 atom stereocenters. The Morgan fingerprint density at radius 1 is 1.03 bits per heavy atom. The summed E-state index contributed by atoms with van der Waals surface area (Å²) in [5.74, 6) is -0.148. The second-order valence-electron chi connectivity index (χ2n) is 8.43. The quantitative estimate of drug-likeness (QED) is 0.464. The number of carbonyl (C=O) groups excluding carboxylic acids is 1. The monoisotopic (exact) mass is 444 g/mol. The molecule has 0 saturated carbocycles. The molecule has 0 spiro atoms. The number of carboxylic acid groups (broad SMARTS) is 1. The fourth-order valence-electron chi connectivity index (χ4n) is 4.47. The van der Waals surface area contributed by atoms with Gasteiger partial charge < -0.3 is 20.5 Å². The normalized spacial score (nSPS) is 16.9. The molecule has 33 heavy (non-hydrogen) atoms. The van der Waals surface area contributed by atoms with Crippen LogP contribution in [-0.2, 0) is 11.4 Å². The molecule has 6 nitrogen and oxygen atoms in total. The first-order valence-electron chi connectivity index (χ1n) is 11.2. The average molecular weight is 445 g/mol. The van der Waals surface area contributed by atoms with E-state index in [1.54, 1.807) is 24.3 Å². The lowest BCUT2D eigenvalue weighted by molar-refractivity contribution is -0.137. The molecule has 3 aromatic carbocycles. The van der Waals surface area contributed by atoms with Crippen molar-refractivity contribution in [3.63, 3.8) is 0 Å². The van der Waals surface area contributed by atoms with Crippen molar-refractivity contribution in [2.24, 2.45) is 0 Å². The molecule has 1 aliphatic heterocycles. The molecular weight excluding hydrogens is 416 g/mol. The molecule has 0 saturated heterocycles. The summed E-state index contributed by atoms with van der Waals surface area (Å²) in [6.07, 6.45) is 1.32. The van der Waals surface area contributed by atoms with E-state index in [-0.39, 0.29) is 24.3 Å². The minimum absolute atomic E-state index is 0.0253. The Morgan fingerprint density at radius 3 is 2.45 bits per heavy atom. The fourth-order valence-corrected chi connectivity index (χ4v) is 4.47. The number of nitrogens with two attached hydrogens (primary N) is 1. The number of ether oxygens (including phenoxy) is 1. The lowest BCUT2D eigenvalue weighted by Crippen LogP contribution is -2.37. The van der Waals surface area contributed by atoms with Crippen LogP contribution < -0.4 is 15.4 Å². The van der Waals surface area contributed by atoms with Gasteiger partial charge in [-0.15, -0.1) is 0 Å². The van der Waals surface area contributed by atoms with Gasteiger partial charge in [0.25, 0.3) is 5.91 Å². The highest BCUT2D eigenvalue weighted by Crippen LogP contribution is 2.45. The number of nitrogen functional groups attached to an aromatic ring is 1. The van der Waals surface area contributed by atoms with E-state index in [9.17, 15) is 9.59 Å². The highest BCUT2D eigenvalue weighted by atomic mass is 16.5. The first kappa shape index (κ1) is 22.4. The summed E-state index contributed by atoms with van der Waals surface area (Å²) in [6.45, 7) is 2.47. The van der Waals surface area contributed by atoms with E-state index >= 15 is 0 Å². The topological polar surface area (TPSA) is 92.9 Å². The third-order valence-corrected chi connectivity index (χ3v) is 6.18. The Kier molecular flexibility index (Phi) is 6.63. The van der Waals surface area contributed by atoms with Gasteiger partial charge in [-0.1, -0.05) is 30.3 Å². The maximum absolute atomic E-state index is 13.4. The minimum atomic E-state index is -0.810. The van der Waals surface area contributed by atoms with Gasteiger partial charge in [0.1, 0.15) is 12.4 Å². The minimum Gasteiger partial charge on any atom is -0.489 e. The standard InChI is InChI=1S/C27H28N2O4/c1-18-23(8-5-9-26(30)31)24-16-22(33-17-19-6-3-2-4-7-19)14-15-25(24)29(18)27(32)20-10-12-21(28)13-11-20/h2-4,6-7,10-16,18,23H,5,8-9,17,28H2,1H3,(H,30,31). The van der Waals surface area contributed by atoms with Crippen LogP contribution in [0.4, 0.5) is 11.4 Å². The first-order chi connectivity index (χ1) is 15.9. The zero-order valence-electron chi connectivity index (χ0n) is 18.6. The van der Waals surface area contributed by atoms with Crippen molar-refractivity contribution < 1.29 is 19.4 Å². The zero-order chi connectivity index (χ0) is 23.4. The molecule has 1 heterocycles. The molecule has 3 N–H and O–H groups in total. The number of nitrogens with zero attached hydrogens (tertiary/aromatic N) is 1. The number of aliphatic carboxylic acids is 1. The van der Waals surface area contributed by atoms with E-state index < -0.39 is 5.97 Å².